The summed E-state index contributed by atoms with van der Waals surface area (Å²) in [6.45, 7) is 2.95. The first-order valence-electron chi connectivity index (χ1n) is 9.09. The number of fused-ring (bicyclic) bond motifs is 1. The number of benzene rings is 2. The van der Waals surface area contributed by atoms with Gasteiger partial charge in [-0.1, -0.05) is 30.0 Å². The monoisotopic (exact) mass is 414 g/mol. The van der Waals surface area contributed by atoms with Gasteiger partial charge in [-0.15, -0.1) is 5.10 Å². The van der Waals surface area contributed by atoms with Crippen LogP contribution in [0.15, 0.2) is 47.6 Å². The summed E-state index contributed by atoms with van der Waals surface area (Å²) in [5, 5.41) is 10.1. The summed E-state index contributed by atoms with van der Waals surface area (Å²) >= 11 is 1.18. The van der Waals surface area contributed by atoms with E-state index < -0.39 is 0 Å². The molecule has 0 unspecified atom stereocenters. The lowest BCUT2D eigenvalue weighted by molar-refractivity contribution is -0.119. The Balaban J connectivity index is 1.33. The second kappa shape index (κ2) is 8.52. The van der Waals surface area contributed by atoms with Crippen molar-refractivity contribution in [1.29, 1.82) is 0 Å². The second-order valence-electron chi connectivity index (χ2n) is 6.43. The molecule has 0 bridgehead atoms. The number of hydrogen-bond donors (Lipinski definition) is 2. The predicted molar refractivity (Wildman–Crippen MR) is 106 cm³/mol. The van der Waals surface area contributed by atoms with E-state index in [1.54, 1.807) is 18.2 Å². The highest BCUT2D eigenvalue weighted by molar-refractivity contribution is 7.99. The maximum Gasteiger partial charge on any atom is 0.230 e. The van der Waals surface area contributed by atoms with E-state index in [1.165, 1.54) is 17.8 Å². The van der Waals surface area contributed by atoms with Gasteiger partial charge in [0.2, 0.25) is 11.1 Å². The lowest BCUT2D eigenvalue weighted by Crippen LogP contribution is -2.28. The van der Waals surface area contributed by atoms with E-state index in [4.69, 9.17) is 9.47 Å². The van der Waals surface area contributed by atoms with Gasteiger partial charge in [-0.2, -0.15) is 0 Å². The number of rotatable bonds is 6. The Morgan fingerprint density at radius 1 is 1.24 bits per heavy atom. The van der Waals surface area contributed by atoms with Crippen LogP contribution < -0.4 is 14.8 Å². The normalized spacial score (nSPS) is 13.7. The molecule has 1 atom stereocenters. The first-order chi connectivity index (χ1) is 14.1. The zero-order valence-electron chi connectivity index (χ0n) is 15.6. The summed E-state index contributed by atoms with van der Waals surface area (Å²) in [5.41, 5.74) is 1.26. The third-order valence-corrected chi connectivity index (χ3v) is 5.22. The summed E-state index contributed by atoms with van der Waals surface area (Å²) in [6.07, 6.45) is 0. The third kappa shape index (κ3) is 4.51. The van der Waals surface area contributed by atoms with Gasteiger partial charge < -0.3 is 14.8 Å². The van der Waals surface area contributed by atoms with Crippen LogP contribution in [0.5, 0.6) is 11.5 Å². The number of ether oxygens (including phenoxy) is 2. The van der Waals surface area contributed by atoms with Crippen LogP contribution in [0.4, 0.5) is 4.39 Å². The zero-order chi connectivity index (χ0) is 20.2. The molecule has 29 heavy (non-hydrogen) atoms. The van der Waals surface area contributed by atoms with Gasteiger partial charge in [-0.25, -0.2) is 9.37 Å². The van der Waals surface area contributed by atoms with Crippen molar-refractivity contribution in [2.45, 2.75) is 18.1 Å². The van der Waals surface area contributed by atoms with Crippen molar-refractivity contribution in [2.75, 3.05) is 19.0 Å². The van der Waals surface area contributed by atoms with Crippen LogP contribution in [-0.2, 0) is 4.79 Å². The molecule has 1 aliphatic heterocycles. The van der Waals surface area contributed by atoms with Crippen molar-refractivity contribution in [1.82, 2.24) is 20.5 Å². The minimum Gasteiger partial charge on any atom is -0.486 e. The SMILES string of the molecule is C[C@@H](NC(=O)CSc1n[nH]c(-c2ccccc2F)n1)c1ccc2c(c1)OCCO2. The number of nitrogens with one attached hydrogen (secondary N) is 2. The van der Waals surface area contributed by atoms with Gasteiger partial charge in [0.05, 0.1) is 17.4 Å². The van der Waals surface area contributed by atoms with Crippen LogP contribution >= 0.6 is 11.8 Å². The Labute approximate surface area is 171 Å². The summed E-state index contributed by atoms with van der Waals surface area (Å²) in [4.78, 5) is 16.6. The fourth-order valence-corrected chi connectivity index (χ4v) is 3.52. The number of carbonyl (C=O) groups excluding carboxylic acids is 1. The number of hydrogen-bond acceptors (Lipinski definition) is 6. The Bertz CT molecular complexity index is 1030. The topological polar surface area (TPSA) is 89.1 Å². The van der Waals surface area contributed by atoms with Crippen molar-refractivity contribution in [2.24, 2.45) is 0 Å². The molecule has 0 spiro atoms. The van der Waals surface area contributed by atoms with Gasteiger partial charge in [-0.05, 0) is 36.8 Å². The quantitative estimate of drug-likeness (QED) is 0.602. The van der Waals surface area contributed by atoms with Gasteiger partial charge in [0.15, 0.2) is 17.3 Å². The van der Waals surface area contributed by atoms with Crippen LogP contribution in [0, 0.1) is 5.82 Å². The van der Waals surface area contributed by atoms with Crippen molar-refractivity contribution in [3.63, 3.8) is 0 Å². The molecule has 0 saturated heterocycles. The molecule has 2 heterocycles. The van der Waals surface area contributed by atoms with Gasteiger partial charge in [-0.3, -0.25) is 9.89 Å². The molecule has 1 aliphatic rings. The summed E-state index contributed by atoms with van der Waals surface area (Å²) < 4.78 is 24.9. The molecule has 3 aromatic rings. The van der Waals surface area contributed by atoms with Gasteiger partial charge in [0.25, 0.3) is 0 Å². The van der Waals surface area contributed by atoms with E-state index in [0.717, 1.165) is 5.56 Å². The van der Waals surface area contributed by atoms with E-state index in [-0.39, 0.29) is 23.5 Å². The molecule has 0 saturated carbocycles. The highest BCUT2D eigenvalue weighted by Gasteiger charge is 2.17. The van der Waals surface area contributed by atoms with Crippen LogP contribution in [0.25, 0.3) is 11.4 Å². The fraction of sp³-hybridized carbons (Fsp3) is 0.250. The Morgan fingerprint density at radius 3 is 2.86 bits per heavy atom. The van der Waals surface area contributed by atoms with Crippen LogP contribution in [0.1, 0.15) is 18.5 Å². The average Bonchev–Trinajstić information content (AvgIpc) is 3.21. The fourth-order valence-electron chi connectivity index (χ4n) is 2.91. The highest BCUT2D eigenvalue weighted by atomic mass is 32.2. The van der Waals surface area contributed by atoms with E-state index in [0.29, 0.717) is 41.3 Å². The lowest BCUT2D eigenvalue weighted by Gasteiger charge is -2.21. The molecule has 2 N–H and O–H groups in total. The number of aromatic nitrogens is 3. The molecule has 1 amide bonds. The van der Waals surface area contributed by atoms with Gasteiger partial charge in [0.1, 0.15) is 19.0 Å². The smallest absolute Gasteiger partial charge is 0.230 e. The van der Waals surface area contributed by atoms with Crippen molar-refractivity contribution in [3.05, 3.63) is 53.8 Å². The second-order valence-corrected chi connectivity index (χ2v) is 7.37. The number of carbonyl (C=O) groups is 1. The standard InChI is InChI=1S/C20H19FN4O3S/c1-12(13-6-7-16-17(10-13)28-9-8-27-16)22-18(26)11-29-20-23-19(24-25-20)14-4-2-3-5-15(14)21/h2-7,10,12H,8-9,11H2,1H3,(H,22,26)(H,23,24,25)/t12-/m1/s1. The maximum absolute atomic E-state index is 13.8. The van der Waals surface area contributed by atoms with Crippen LogP contribution in [-0.4, -0.2) is 40.1 Å². The van der Waals surface area contributed by atoms with E-state index >= 15 is 0 Å². The molecule has 2 aromatic carbocycles. The van der Waals surface area contributed by atoms with E-state index in [9.17, 15) is 9.18 Å². The average molecular weight is 414 g/mol. The minimum atomic E-state index is -0.383. The van der Waals surface area contributed by atoms with Gasteiger partial charge >= 0.3 is 0 Å². The number of halogens is 1. The van der Waals surface area contributed by atoms with E-state index in [1.807, 2.05) is 25.1 Å². The third-order valence-electron chi connectivity index (χ3n) is 4.37. The molecule has 0 aliphatic carbocycles. The molecule has 1 aromatic heterocycles. The van der Waals surface area contributed by atoms with Crippen molar-refractivity contribution >= 4 is 17.7 Å². The molecule has 0 radical (unpaired) electrons. The summed E-state index contributed by atoms with van der Waals surface area (Å²) in [6, 6.07) is 11.7. The predicted octanol–water partition coefficient (Wildman–Crippen LogP) is 3.35. The number of nitrogens with zero attached hydrogens (tertiary/aromatic N) is 2. The molecule has 150 valence electrons. The summed E-state index contributed by atoms with van der Waals surface area (Å²) in [5.74, 6) is 1.33. The largest absolute Gasteiger partial charge is 0.486 e. The zero-order valence-corrected chi connectivity index (χ0v) is 16.5. The molecule has 9 heteroatoms. The highest BCUT2D eigenvalue weighted by Crippen LogP contribution is 2.32. The Hall–Kier alpha value is -3.07. The number of H-pyrrole nitrogens is 1. The van der Waals surface area contributed by atoms with Crippen LogP contribution in [0.3, 0.4) is 0 Å². The van der Waals surface area contributed by atoms with E-state index in [2.05, 4.69) is 20.5 Å². The summed E-state index contributed by atoms with van der Waals surface area (Å²) in [7, 11) is 0. The molecular weight excluding hydrogens is 395 g/mol. The minimum absolute atomic E-state index is 0.142. The Morgan fingerprint density at radius 2 is 2.03 bits per heavy atom. The van der Waals surface area contributed by atoms with Crippen molar-refractivity contribution < 1.29 is 18.7 Å². The Kier molecular flexibility index (Phi) is 5.66. The molecule has 0 fully saturated rings. The number of thioether (sulfide) groups is 1. The lowest BCUT2D eigenvalue weighted by atomic mass is 10.1. The number of amides is 1. The maximum atomic E-state index is 13.8. The van der Waals surface area contributed by atoms with Crippen molar-refractivity contribution in [3.8, 4) is 22.9 Å². The molecule has 4 rings (SSSR count). The van der Waals surface area contributed by atoms with Crippen LogP contribution in [0.2, 0.25) is 0 Å². The number of aromatic amines is 1. The molecular formula is C20H19FN4O3S. The van der Waals surface area contributed by atoms with Gasteiger partial charge in [0, 0.05) is 0 Å². The first-order valence-corrected chi connectivity index (χ1v) is 10.1. The first kappa shape index (κ1) is 19.3. The molecule has 7 nitrogen and oxygen atoms in total.